The molecule has 18 heavy (non-hydrogen) atoms. The predicted molar refractivity (Wildman–Crippen MR) is 82.0 cm³/mol. The molecule has 0 radical (unpaired) electrons. The van der Waals surface area contributed by atoms with Gasteiger partial charge in [-0.1, -0.05) is 49.0 Å². The molecular weight excluding hydrogens is 310 g/mol. The third-order valence-electron chi connectivity index (χ3n) is 3.53. The Morgan fingerprint density at radius 1 is 1.33 bits per heavy atom. The van der Waals surface area contributed by atoms with Crippen LogP contribution in [0.1, 0.15) is 57.7 Å². The van der Waals surface area contributed by atoms with Gasteiger partial charge in [-0.15, -0.1) is 0 Å². The van der Waals surface area contributed by atoms with Crippen molar-refractivity contribution in [2.24, 2.45) is 0 Å². The Balaban J connectivity index is 2.11. The molecule has 1 aromatic heterocycles. The number of aromatic nitrogens is 2. The fourth-order valence-corrected chi connectivity index (χ4v) is 3.78. The molecule has 0 spiro atoms. The maximum atomic E-state index is 4.72. The molecule has 5 heteroatoms. The number of alkyl halides is 1. The van der Waals surface area contributed by atoms with Crippen LogP contribution in [0.15, 0.2) is 0 Å². The first-order chi connectivity index (χ1) is 8.72. The van der Waals surface area contributed by atoms with Crippen LogP contribution in [0.25, 0.3) is 0 Å². The Bertz CT molecular complexity index is 361. The van der Waals surface area contributed by atoms with Crippen LogP contribution in [0.2, 0.25) is 0 Å². The predicted octanol–water partition coefficient (Wildman–Crippen LogP) is 4.20. The summed E-state index contributed by atoms with van der Waals surface area (Å²) in [6.45, 7) is 5.35. The van der Waals surface area contributed by atoms with Crippen molar-refractivity contribution in [1.82, 2.24) is 9.36 Å². The van der Waals surface area contributed by atoms with Crippen molar-refractivity contribution in [2.75, 3.05) is 16.8 Å². The van der Waals surface area contributed by atoms with E-state index >= 15 is 0 Å². The number of halogens is 1. The zero-order chi connectivity index (χ0) is 13.0. The summed E-state index contributed by atoms with van der Waals surface area (Å²) in [5.41, 5.74) is 0. The minimum Gasteiger partial charge on any atom is -0.343 e. The maximum absolute atomic E-state index is 4.72. The van der Waals surface area contributed by atoms with Crippen molar-refractivity contribution in [1.29, 1.82) is 0 Å². The van der Waals surface area contributed by atoms with E-state index in [-0.39, 0.29) is 0 Å². The van der Waals surface area contributed by atoms with Gasteiger partial charge in [0.2, 0.25) is 5.13 Å². The number of anilines is 1. The van der Waals surface area contributed by atoms with Gasteiger partial charge in [-0.2, -0.15) is 4.37 Å². The molecule has 1 aliphatic carbocycles. The van der Waals surface area contributed by atoms with Gasteiger partial charge in [-0.25, -0.2) is 4.98 Å². The average molecular weight is 332 g/mol. The number of hydrogen-bond acceptors (Lipinski definition) is 4. The first kappa shape index (κ1) is 14.3. The van der Waals surface area contributed by atoms with Crippen molar-refractivity contribution >= 4 is 32.6 Å². The van der Waals surface area contributed by atoms with E-state index in [9.17, 15) is 0 Å². The molecular formula is C13H22BrN3S. The van der Waals surface area contributed by atoms with Crippen LogP contribution in [0, 0.1) is 0 Å². The third kappa shape index (κ3) is 3.44. The van der Waals surface area contributed by atoms with Gasteiger partial charge in [-0.05, 0) is 12.8 Å². The lowest BCUT2D eigenvalue weighted by molar-refractivity contribution is 0.418. The Kier molecular flexibility index (Phi) is 5.42. The fourth-order valence-electron chi connectivity index (χ4n) is 2.50. The van der Waals surface area contributed by atoms with Crippen LogP contribution in [0.5, 0.6) is 0 Å². The second-order valence-corrected chi connectivity index (χ2v) is 6.79. The van der Waals surface area contributed by atoms with Gasteiger partial charge in [0.1, 0.15) is 5.82 Å². The van der Waals surface area contributed by atoms with Gasteiger partial charge in [0.05, 0.1) is 0 Å². The lowest BCUT2D eigenvalue weighted by Gasteiger charge is -2.33. The van der Waals surface area contributed by atoms with E-state index in [2.05, 4.69) is 39.1 Å². The SMILES string of the molecule is CC(C)c1nsc(N(CCBr)C2CCCCC2)n1. The summed E-state index contributed by atoms with van der Waals surface area (Å²) in [5.74, 6) is 1.41. The van der Waals surface area contributed by atoms with E-state index in [1.807, 2.05) is 0 Å². The summed E-state index contributed by atoms with van der Waals surface area (Å²) in [6.07, 6.45) is 6.73. The largest absolute Gasteiger partial charge is 0.343 e. The smallest absolute Gasteiger partial charge is 0.205 e. The Hall–Kier alpha value is -0.160. The summed E-state index contributed by atoms with van der Waals surface area (Å²) in [4.78, 5) is 7.19. The molecule has 1 fully saturated rings. The zero-order valence-corrected chi connectivity index (χ0v) is 13.6. The minimum atomic E-state index is 0.423. The van der Waals surface area contributed by atoms with E-state index < -0.39 is 0 Å². The second kappa shape index (κ2) is 6.85. The molecule has 1 aromatic rings. The standard InChI is InChI=1S/C13H22BrN3S/c1-10(2)12-15-13(18-16-12)17(9-8-14)11-6-4-3-5-7-11/h10-11H,3-9H2,1-2H3. The molecule has 0 aromatic carbocycles. The van der Waals surface area contributed by atoms with E-state index in [4.69, 9.17) is 4.98 Å². The van der Waals surface area contributed by atoms with Crippen LogP contribution in [0.3, 0.4) is 0 Å². The molecule has 0 bridgehead atoms. The van der Waals surface area contributed by atoms with E-state index in [0.29, 0.717) is 12.0 Å². The number of nitrogens with zero attached hydrogens (tertiary/aromatic N) is 3. The minimum absolute atomic E-state index is 0.423. The topological polar surface area (TPSA) is 29.0 Å². The van der Waals surface area contributed by atoms with Gasteiger partial charge < -0.3 is 4.90 Å². The highest BCUT2D eigenvalue weighted by Crippen LogP contribution is 2.29. The fraction of sp³-hybridized carbons (Fsp3) is 0.846. The molecule has 1 aliphatic rings. The first-order valence-electron chi connectivity index (χ1n) is 6.88. The van der Waals surface area contributed by atoms with Gasteiger partial charge in [0, 0.05) is 35.4 Å². The molecule has 0 amide bonds. The Labute approximate surface area is 122 Å². The van der Waals surface area contributed by atoms with E-state index in [1.165, 1.54) is 32.1 Å². The summed E-state index contributed by atoms with van der Waals surface area (Å²) < 4.78 is 4.49. The van der Waals surface area contributed by atoms with Crippen LogP contribution in [0.4, 0.5) is 5.13 Å². The molecule has 1 heterocycles. The number of rotatable bonds is 5. The molecule has 0 atom stereocenters. The molecule has 0 saturated heterocycles. The van der Waals surface area contributed by atoms with Gasteiger partial charge >= 0.3 is 0 Å². The highest BCUT2D eigenvalue weighted by Gasteiger charge is 2.24. The van der Waals surface area contributed by atoms with Crippen LogP contribution < -0.4 is 4.90 Å². The third-order valence-corrected chi connectivity index (χ3v) is 4.66. The molecule has 2 rings (SSSR count). The molecule has 1 saturated carbocycles. The highest BCUT2D eigenvalue weighted by molar-refractivity contribution is 9.09. The lowest BCUT2D eigenvalue weighted by atomic mass is 9.94. The van der Waals surface area contributed by atoms with Gasteiger partial charge in [0.25, 0.3) is 0 Å². The van der Waals surface area contributed by atoms with Crippen LogP contribution >= 0.6 is 27.5 Å². The monoisotopic (exact) mass is 331 g/mol. The summed E-state index contributed by atoms with van der Waals surface area (Å²) in [5, 5.41) is 2.12. The molecule has 3 nitrogen and oxygen atoms in total. The van der Waals surface area contributed by atoms with E-state index in [0.717, 1.165) is 22.8 Å². The van der Waals surface area contributed by atoms with Crippen molar-refractivity contribution in [3.63, 3.8) is 0 Å². The van der Waals surface area contributed by atoms with Crippen LogP contribution in [-0.2, 0) is 0 Å². The average Bonchev–Trinajstić information content (AvgIpc) is 2.86. The number of hydrogen-bond donors (Lipinski definition) is 0. The zero-order valence-electron chi connectivity index (χ0n) is 11.2. The highest BCUT2D eigenvalue weighted by atomic mass is 79.9. The second-order valence-electron chi connectivity index (χ2n) is 5.26. The molecule has 0 unspecified atom stereocenters. The van der Waals surface area contributed by atoms with Gasteiger partial charge in [-0.3, -0.25) is 0 Å². The summed E-state index contributed by atoms with van der Waals surface area (Å²) >= 11 is 5.13. The Morgan fingerprint density at radius 3 is 2.61 bits per heavy atom. The Morgan fingerprint density at radius 2 is 2.06 bits per heavy atom. The lowest BCUT2D eigenvalue weighted by Crippen LogP contribution is -2.38. The molecule has 102 valence electrons. The van der Waals surface area contributed by atoms with Crippen LogP contribution in [-0.4, -0.2) is 27.3 Å². The molecule has 0 aliphatic heterocycles. The quantitative estimate of drug-likeness (QED) is 0.757. The van der Waals surface area contributed by atoms with Crippen molar-refractivity contribution < 1.29 is 0 Å². The normalized spacial score (nSPS) is 17.3. The van der Waals surface area contributed by atoms with Gasteiger partial charge in [0.15, 0.2) is 0 Å². The van der Waals surface area contributed by atoms with Crippen molar-refractivity contribution in [2.45, 2.75) is 57.9 Å². The maximum Gasteiger partial charge on any atom is 0.205 e. The van der Waals surface area contributed by atoms with Crippen molar-refractivity contribution in [3.8, 4) is 0 Å². The van der Waals surface area contributed by atoms with Crippen molar-refractivity contribution in [3.05, 3.63) is 5.82 Å². The molecule has 0 N–H and O–H groups in total. The van der Waals surface area contributed by atoms with E-state index in [1.54, 1.807) is 11.5 Å². The summed E-state index contributed by atoms with van der Waals surface area (Å²) in [6, 6.07) is 0.671. The summed E-state index contributed by atoms with van der Waals surface area (Å²) in [7, 11) is 0. The first-order valence-corrected chi connectivity index (χ1v) is 8.78.